The van der Waals surface area contributed by atoms with Gasteiger partial charge in [-0.3, -0.25) is 4.79 Å². The third-order valence-corrected chi connectivity index (χ3v) is 3.99. The Kier molecular flexibility index (Phi) is 2.76. The summed E-state index contributed by atoms with van der Waals surface area (Å²) < 4.78 is 5.09. The van der Waals surface area contributed by atoms with E-state index in [0.717, 1.165) is 19.3 Å². The first-order chi connectivity index (χ1) is 8.65. The number of hydrogen-bond acceptors (Lipinski definition) is 4. The number of fused-ring (bicyclic) bond motifs is 1. The number of rotatable bonds is 0. The molecule has 0 radical (unpaired) electrons. The summed E-state index contributed by atoms with van der Waals surface area (Å²) in [4.78, 5) is 23.7. The Morgan fingerprint density at radius 2 is 1.78 bits per heavy atom. The standard InChI is InChI=1S/C13H18N2O3/c1-7-6-8(13(17)18-7)11-12(16)15-10-5-3-2-4-9(10)14-11/h7,9-10,14H,2-6H2,1H3,(H,15,16)/b11-8-/t7-,9-,10+/m0/s1. The predicted octanol–water partition coefficient (Wildman–Crippen LogP) is 0.606. The van der Waals surface area contributed by atoms with Gasteiger partial charge >= 0.3 is 5.97 Å². The van der Waals surface area contributed by atoms with Crippen molar-refractivity contribution in [1.29, 1.82) is 0 Å². The van der Waals surface area contributed by atoms with Crippen molar-refractivity contribution in [2.45, 2.75) is 57.2 Å². The van der Waals surface area contributed by atoms with Gasteiger partial charge in [0, 0.05) is 18.5 Å². The minimum atomic E-state index is -0.352. The first-order valence-corrected chi connectivity index (χ1v) is 6.66. The van der Waals surface area contributed by atoms with Crippen LogP contribution in [0.15, 0.2) is 11.3 Å². The third-order valence-electron chi connectivity index (χ3n) is 3.99. The van der Waals surface area contributed by atoms with Crippen LogP contribution in [-0.2, 0) is 14.3 Å². The van der Waals surface area contributed by atoms with Crippen LogP contribution in [0.5, 0.6) is 0 Å². The Balaban J connectivity index is 1.86. The molecule has 2 N–H and O–H groups in total. The van der Waals surface area contributed by atoms with E-state index in [0.29, 0.717) is 17.7 Å². The Hall–Kier alpha value is -1.52. The lowest BCUT2D eigenvalue weighted by Gasteiger charge is -2.38. The van der Waals surface area contributed by atoms with Crippen molar-refractivity contribution in [3.8, 4) is 0 Å². The Bertz CT molecular complexity index is 430. The lowest BCUT2D eigenvalue weighted by Crippen LogP contribution is -2.59. The number of cyclic esters (lactones) is 1. The second-order valence-corrected chi connectivity index (χ2v) is 5.39. The summed E-state index contributed by atoms with van der Waals surface area (Å²) in [6.07, 6.45) is 4.80. The molecule has 0 unspecified atom stereocenters. The van der Waals surface area contributed by atoms with Crippen molar-refractivity contribution < 1.29 is 14.3 Å². The van der Waals surface area contributed by atoms with Crippen molar-refractivity contribution in [3.63, 3.8) is 0 Å². The van der Waals surface area contributed by atoms with E-state index in [2.05, 4.69) is 10.6 Å². The fourth-order valence-corrected chi connectivity index (χ4v) is 3.06. The van der Waals surface area contributed by atoms with Gasteiger partial charge in [-0.05, 0) is 19.8 Å². The largest absolute Gasteiger partial charge is 0.459 e. The zero-order valence-electron chi connectivity index (χ0n) is 10.5. The molecule has 1 saturated carbocycles. The maximum Gasteiger partial charge on any atom is 0.336 e. The van der Waals surface area contributed by atoms with Crippen LogP contribution in [0.25, 0.3) is 0 Å². The third kappa shape index (κ3) is 1.87. The van der Waals surface area contributed by atoms with Gasteiger partial charge < -0.3 is 15.4 Å². The Morgan fingerprint density at radius 1 is 1.11 bits per heavy atom. The number of piperazine rings is 1. The summed E-state index contributed by atoms with van der Waals surface area (Å²) in [5.74, 6) is -0.506. The van der Waals surface area contributed by atoms with Gasteiger partial charge in [-0.25, -0.2) is 4.79 Å². The Morgan fingerprint density at radius 3 is 2.39 bits per heavy atom. The number of ether oxygens (including phenoxy) is 1. The van der Waals surface area contributed by atoms with Gasteiger partial charge in [-0.2, -0.15) is 0 Å². The van der Waals surface area contributed by atoms with E-state index in [9.17, 15) is 9.59 Å². The van der Waals surface area contributed by atoms with E-state index in [1.165, 1.54) is 6.42 Å². The quantitative estimate of drug-likeness (QED) is 0.488. The summed E-state index contributed by atoms with van der Waals surface area (Å²) >= 11 is 0. The molecule has 3 atom stereocenters. The van der Waals surface area contributed by atoms with Crippen LogP contribution in [0, 0.1) is 0 Å². The van der Waals surface area contributed by atoms with Crippen LogP contribution >= 0.6 is 0 Å². The van der Waals surface area contributed by atoms with Crippen molar-refractivity contribution in [3.05, 3.63) is 11.3 Å². The number of esters is 1. The smallest absolute Gasteiger partial charge is 0.336 e. The maximum atomic E-state index is 12.0. The fourth-order valence-electron chi connectivity index (χ4n) is 3.06. The van der Waals surface area contributed by atoms with Gasteiger partial charge in [0.1, 0.15) is 11.8 Å². The SMILES string of the molecule is C[C@H]1C/C(=C2/N[C@H]3CCCC[C@H]3NC2=O)C(=O)O1. The average molecular weight is 250 g/mol. The van der Waals surface area contributed by atoms with E-state index >= 15 is 0 Å². The first-order valence-electron chi connectivity index (χ1n) is 6.66. The molecule has 2 heterocycles. The first kappa shape index (κ1) is 11.6. The highest BCUT2D eigenvalue weighted by Gasteiger charge is 2.38. The van der Waals surface area contributed by atoms with Crippen LogP contribution < -0.4 is 10.6 Å². The average Bonchev–Trinajstić information content (AvgIpc) is 2.67. The second-order valence-electron chi connectivity index (χ2n) is 5.39. The Labute approximate surface area is 106 Å². The normalized spacial score (nSPS) is 39.7. The number of nitrogens with one attached hydrogen (secondary N) is 2. The van der Waals surface area contributed by atoms with Crippen LogP contribution in [0.1, 0.15) is 39.0 Å². The second kappa shape index (κ2) is 4.30. The monoisotopic (exact) mass is 250 g/mol. The molecule has 3 aliphatic rings. The fraction of sp³-hybridized carbons (Fsp3) is 0.692. The molecule has 98 valence electrons. The molecule has 0 aromatic carbocycles. The number of carbonyl (C=O) groups excluding carboxylic acids is 2. The molecule has 5 nitrogen and oxygen atoms in total. The van der Waals surface area contributed by atoms with Gasteiger partial charge in [0.2, 0.25) is 0 Å². The summed E-state index contributed by atoms with van der Waals surface area (Å²) in [5, 5.41) is 6.28. The predicted molar refractivity (Wildman–Crippen MR) is 64.5 cm³/mol. The minimum absolute atomic E-state index is 0.126. The molecule has 1 amide bonds. The highest BCUT2D eigenvalue weighted by molar-refractivity contribution is 6.04. The number of carbonyl (C=O) groups is 2. The van der Waals surface area contributed by atoms with Gasteiger partial charge in [0.15, 0.2) is 0 Å². The zero-order chi connectivity index (χ0) is 12.7. The topological polar surface area (TPSA) is 67.4 Å². The van der Waals surface area contributed by atoms with Gasteiger partial charge in [0.25, 0.3) is 5.91 Å². The molecule has 2 aliphatic heterocycles. The summed E-state index contributed by atoms with van der Waals surface area (Å²) in [6, 6.07) is 0.480. The van der Waals surface area contributed by atoms with E-state index in [4.69, 9.17) is 4.74 Å². The van der Waals surface area contributed by atoms with Crippen LogP contribution in [0.2, 0.25) is 0 Å². The van der Waals surface area contributed by atoms with Crippen molar-refractivity contribution in [1.82, 2.24) is 10.6 Å². The lowest BCUT2D eigenvalue weighted by atomic mass is 9.88. The van der Waals surface area contributed by atoms with Crippen molar-refractivity contribution >= 4 is 11.9 Å². The molecule has 3 rings (SSSR count). The molecule has 18 heavy (non-hydrogen) atoms. The lowest BCUT2D eigenvalue weighted by molar-refractivity contribution is -0.138. The summed E-state index contributed by atoms with van der Waals surface area (Å²) in [7, 11) is 0. The molecule has 0 spiro atoms. The number of hydrogen-bond donors (Lipinski definition) is 2. The van der Waals surface area contributed by atoms with E-state index in [-0.39, 0.29) is 30.1 Å². The molecule has 0 aromatic rings. The number of amides is 1. The zero-order valence-corrected chi connectivity index (χ0v) is 10.5. The van der Waals surface area contributed by atoms with Gasteiger partial charge in [-0.1, -0.05) is 12.8 Å². The molecular formula is C13H18N2O3. The molecular weight excluding hydrogens is 232 g/mol. The van der Waals surface area contributed by atoms with Crippen molar-refractivity contribution in [2.24, 2.45) is 0 Å². The van der Waals surface area contributed by atoms with E-state index in [1.807, 2.05) is 6.92 Å². The highest BCUT2D eigenvalue weighted by atomic mass is 16.5. The van der Waals surface area contributed by atoms with Crippen LogP contribution in [0.3, 0.4) is 0 Å². The van der Waals surface area contributed by atoms with Crippen LogP contribution in [-0.4, -0.2) is 30.1 Å². The van der Waals surface area contributed by atoms with Crippen molar-refractivity contribution in [2.75, 3.05) is 0 Å². The maximum absolute atomic E-state index is 12.0. The molecule has 2 saturated heterocycles. The molecule has 3 fully saturated rings. The summed E-state index contributed by atoms with van der Waals surface area (Å²) in [5.41, 5.74) is 0.941. The highest BCUT2D eigenvalue weighted by Crippen LogP contribution is 2.27. The molecule has 5 heteroatoms. The summed E-state index contributed by atoms with van der Waals surface area (Å²) in [6.45, 7) is 1.84. The van der Waals surface area contributed by atoms with Gasteiger partial charge in [-0.15, -0.1) is 0 Å². The molecule has 0 bridgehead atoms. The van der Waals surface area contributed by atoms with Crippen LogP contribution in [0.4, 0.5) is 0 Å². The minimum Gasteiger partial charge on any atom is -0.459 e. The molecule has 1 aliphatic carbocycles. The van der Waals surface area contributed by atoms with Gasteiger partial charge in [0.05, 0.1) is 5.57 Å². The van der Waals surface area contributed by atoms with E-state index < -0.39 is 0 Å². The molecule has 0 aromatic heterocycles. The van der Waals surface area contributed by atoms with E-state index in [1.54, 1.807) is 0 Å².